The van der Waals surface area contributed by atoms with Gasteiger partial charge in [-0.05, 0) is 29.5 Å². The minimum absolute atomic E-state index is 0.103. The van der Waals surface area contributed by atoms with Gasteiger partial charge in [0.15, 0.2) is 5.78 Å². The molecule has 0 aromatic heterocycles. The summed E-state index contributed by atoms with van der Waals surface area (Å²) < 4.78 is 16.3. The van der Waals surface area contributed by atoms with E-state index in [0.29, 0.717) is 22.8 Å². The SMILES string of the molecule is COc1cc(OC)c(C(C)=O)c(OC)c1I. The fraction of sp³-hybridized carbons (Fsp3) is 0.364. The fourth-order valence-electron chi connectivity index (χ4n) is 1.42. The molecule has 0 saturated carbocycles. The van der Waals surface area contributed by atoms with Gasteiger partial charge in [-0.3, -0.25) is 4.79 Å². The number of ketones is 1. The monoisotopic (exact) mass is 336 g/mol. The third-order valence-corrected chi connectivity index (χ3v) is 3.17. The Hall–Kier alpha value is -0.980. The minimum atomic E-state index is -0.103. The van der Waals surface area contributed by atoms with Crippen LogP contribution in [0.15, 0.2) is 6.07 Å². The van der Waals surface area contributed by atoms with E-state index in [4.69, 9.17) is 14.2 Å². The van der Waals surface area contributed by atoms with E-state index < -0.39 is 0 Å². The number of ether oxygens (including phenoxy) is 3. The molecule has 0 saturated heterocycles. The first-order chi connectivity index (χ1) is 7.56. The number of hydrogen-bond donors (Lipinski definition) is 0. The zero-order valence-corrected chi connectivity index (χ0v) is 11.7. The molecule has 4 nitrogen and oxygen atoms in total. The zero-order valence-electron chi connectivity index (χ0n) is 9.59. The Balaban J connectivity index is 3.57. The van der Waals surface area contributed by atoms with Crippen molar-refractivity contribution in [3.8, 4) is 17.2 Å². The van der Waals surface area contributed by atoms with Crippen LogP contribution in [0.25, 0.3) is 0 Å². The van der Waals surface area contributed by atoms with Crippen molar-refractivity contribution in [1.29, 1.82) is 0 Å². The number of carbonyl (C=O) groups is 1. The molecule has 0 heterocycles. The van der Waals surface area contributed by atoms with Crippen LogP contribution in [0.3, 0.4) is 0 Å². The van der Waals surface area contributed by atoms with Crippen molar-refractivity contribution in [1.82, 2.24) is 0 Å². The predicted octanol–water partition coefficient (Wildman–Crippen LogP) is 2.52. The molecule has 0 radical (unpaired) electrons. The zero-order chi connectivity index (χ0) is 12.3. The highest BCUT2D eigenvalue weighted by Gasteiger charge is 2.21. The first-order valence-corrected chi connectivity index (χ1v) is 5.64. The summed E-state index contributed by atoms with van der Waals surface area (Å²) in [5, 5.41) is 0. The lowest BCUT2D eigenvalue weighted by Gasteiger charge is -2.15. The van der Waals surface area contributed by atoms with Crippen LogP contribution in [0.2, 0.25) is 0 Å². The van der Waals surface area contributed by atoms with E-state index in [0.717, 1.165) is 3.57 Å². The van der Waals surface area contributed by atoms with Crippen LogP contribution in [0.4, 0.5) is 0 Å². The van der Waals surface area contributed by atoms with E-state index in [1.54, 1.807) is 13.2 Å². The van der Waals surface area contributed by atoms with Crippen LogP contribution in [0.1, 0.15) is 17.3 Å². The minimum Gasteiger partial charge on any atom is -0.496 e. The maximum Gasteiger partial charge on any atom is 0.167 e. The van der Waals surface area contributed by atoms with Gasteiger partial charge in [-0.1, -0.05) is 0 Å². The number of benzene rings is 1. The summed E-state index contributed by atoms with van der Waals surface area (Å²) in [6, 6.07) is 1.68. The summed E-state index contributed by atoms with van der Waals surface area (Å²) >= 11 is 2.08. The largest absolute Gasteiger partial charge is 0.496 e. The number of rotatable bonds is 4. The molecular weight excluding hydrogens is 323 g/mol. The number of methoxy groups -OCH3 is 3. The van der Waals surface area contributed by atoms with Gasteiger partial charge in [0.05, 0.1) is 24.9 Å². The highest BCUT2D eigenvalue weighted by atomic mass is 127. The van der Waals surface area contributed by atoms with Gasteiger partial charge in [0.25, 0.3) is 0 Å². The van der Waals surface area contributed by atoms with Crippen LogP contribution in [0, 0.1) is 3.57 Å². The van der Waals surface area contributed by atoms with E-state index in [1.807, 2.05) is 0 Å². The molecule has 0 bridgehead atoms. The third-order valence-electron chi connectivity index (χ3n) is 2.15. The normalized spacial score (nSPS) is 9.81. The second-order valence-corrected chi connectivity index (χ2v) is 4.14. The number of Topliss-reactive ketones (excluding diaryl/α,β-unsaturated/α-hetero) is 1. The molecule has 1 aromatic carbocycles. The molecule has 0 atom stereocenters. The quantitative estimate of drug-likeness (QED) is 0.626. The van der Waals surface area contributed by atoms with Crippen molar-refractivity contribution in [3.63, 3.8) is 0 Å². The summed E-state index contributed by atoms with van der Waals surface area (Å²) in [4.78, 5) is 11.6. The van der Waals surface area contributed by atoms with Crippen LogP contribution in [-0.4, -0.2) is 27.1 Å². The van der Waals surface area contributed by atoms with Gasteiger partial charge < -0.3 is 14.2 Å². The van der Waals surface area contributed by atoms with Gasteiger partial charge in [0.1, 0.15) is 22.8 Å². The smallest absolute Gasteiger partial charge is 0.167 e. The van der Waals surface area contributed by atoms with Gasteiger partial charge in [-0.2, -0.15) is 0 Å². The van der Waals surface area contributed by atoms with Crippen molar-refractivity contribution in [2.45, 2.75) is 6.92 Å². The molecular formula is C11H13IO4. The number of halogens is 1. The molecule has 88 valence electrons. The molecule has 16 heavy (non-hydrogen) atoms. The first-order valence-electron chi connectivity index (χ1n) is 4.56. The summed E-state index contributed by atoms with van der Waals surface area (Å²) in [5.74, 6) is 1.47. The number of carbonyl (C=O) groups excluding carboxylic acids is 1. The molecule has 0 fully saturated rings. The fourth-order valence-corrected chi connectivity index (χ4v) is 2.29. The Morgan fingerprint density at radius 3 is 2.06 bits per heavy atom. The molecule has 0 N–H and O–H groups in total. The van der Waals surface area contributed by atoms with Crippen molar-refractivity contribution in [2.24, 2.45) is 0 Å². The molecule has 5 heteroatoms. The Kier molecular flexibility index (Phi) is 4.40. The molecule has 1 rings (SSSR count). The van der Waals surface area contributed by atoms with Crippen molar-refractivity contribution < 1.29 is 19.0 Å². The molecule has 0 spiro atoms. The average Bonchev–Trinajstić information content (AvgIpc) is 2.27. The van der Waals surface area contributed by atoms with Crippen LogP contribution in [0.5, 0.6) is 17.2 Å². The Morgan fingerprint density at radius 2 is 1.69 bits per heavy atom. The van der Waals surface area contributed by atoms with E-state index >= 15 is 0 Å². The molecule has 0 aliphatic rings. The highest BCUT2D eigenvalue weighted by molar-refractivity contribution is 14.1. The van der Waals surface area contributed by atoms with Crippen molar-refractivity contribution >= 4 is 28.4 Å². The summed E-state index contributed by atoms with van der Waals surface area (Å²) in [5.41, 5.74) is 0.440. The number of hydrogen-bond acceptors (Lipinski definition) is 4. The van der Waals surface area contributed by atoms with Gasteiger partial charge in [-0.25, -0.2) is 0 Å². The van der Waals surface area contributed by atoms with E-state index in [-0.39, 0.29) is 5.78 Å². The lowest BCUT2D eigenvalue weighted by atomic mass is 10.1. The average molecular weight is 336 g/mol. The van der Waals surface area contributed by atoms with E-state index in [2.05, 4.69) is 22.6 Å². The summed E-state index contributed by atoms with van der Waals surface area (Å²) in [7, 11) is 4.58. The van der Waals surface area contributed by atoms with Gasteiger partial charge >= 0.3 is 0 Å². The van der Waals surface area contributed by atoms with Crippen LogP contribution in [-0.2, 0) is 0 Å². The molecule has 0 aliphatic heterocycles. The summed E-state index contributed by atoms with van der Waals surface area (Å²) in [6.45, 7) is 1.48. The van der Waals surface area contributed by atoms with E-state index in [9.17, 15) is 4.79 Å². The molecule has 1 aromatic rings. The van der Waals surface area contributed by atoms with Crippen LogP contribution >= 0.6 is 22.6 Å². The Labute approximate surface area is 108 Å². The van der Waals surface area contributed by atoms with E-state index in [1.165, 1.54) is 21.1 Å². The Bertz CT molecular complexity index is 415. The molecule has 0 unspecified atom stereocenters. The second kappa shape index (κ2) is 5.38. The maximum atomic E-state index is 11.6. The lowest BCUT2D eigenvalue weighted by molar-refractivity contribution is 0.101. The molecule has 0 aliphatic carbocycles. The topological polar surface area (TPSA) is 44.8 Å². The maximum absolute atomic E-state index is 11.6. The first kappa shape index (κ1) is 13.1. The van der Waals surface area contributed by atoms with Crippen molar-refractivity contribution in [2.75, 3.05) is 21.3 Å². The van der Waals surface area contributed by atoms with Crippen molar-refractivity contribution in [3.05, 3.63) is 15.2 Å². The third kappa shape index (κ3) is 2.23. The van der Waals surface area contributed by atoms with Gasteiger partial charge in [0.2, 0.25) is 0 Å². The standard InChI is InChI=1S/C11H13IO4/c1-6(13)9-7(14-2)5-8(15-3)10(12)11(9)16-4/h5H,1-4H3. The molecule has 0 amide bonds. The van der Waals surface area contributed by atoms with Gasteiger partial charge in [0, 0.05) is 6.07 Å². The highest BCUT2D eigenvalue weighted by Crippen LogP contribution is 2.39. The lowest BCUT2D eigenvalue weighted by Crippen LogP contribution is -2.04. The summed E-state index contributed by atoms with van der Waals surface area (Å²) in [6.07, 6.45) is 0. The second-order valence-electron chi connectivity index (χ2n) is 3.06. The Morgan fingerprint density at radius 1 is 1.12 bits per heavy atom. The van der Waals surface area contributed by atoms with Crippen LogP contribution < -0.4 is 14.2 Å². The van der Waals surface area contributed by atoms with Gasteiger partial charge in [-0.15, -0.1) is 0 Å². The predicted molar refractivity (Wildman–Crippen MR) is 68.8 cm³/mol.